The van der Waals surface area contributed by atoms with Crippen LogP contribution in [0, 0.1) is 5.82 Å². The maximum Gasteiger partial charge on any atom is 0.278 e. The molecule has 5 rings (SSSR count). The fourth-order valence-corrected chi connectivity index (χ4v) is 5.16. The van der Waals surface area contributed by atoms with Crippen LogP contribution in [0.3, 0.4) is 0 Å². The molecular formula is C30H27FN2O5. The lowest BCUT2D eigenvalue weighted by atomic mass is 9.87. The van der Waals surface area contributed by atoms with Gasteiger partial charge in [-0.05, 0) is 74.9 Å². The SMILES string of the molecule is COc1cc(C(=O)c2cc3c4c(c2)C(=Nc2ccc(F)cc2)C(=O)N4C(C)(C)C=C3C)cc(OC)c1OC. The summed E-state index contributed by atoms with van der Waals surface area (Å²) in [6.45, 7) is 5.87. The fraction of sp³-hybridized carbons (Fsp3) is 0.233. The lowest BCUT2D eigenvalue weighted by Crippen LogP contribution is -2.47. The summed E-state index contributed by atoms with van der Waals surface area (Å²) in [6, 6.07) is 12.3. The number of amides is 1. The van der Waals surface area contributed by atoms with Crippen LogP contribution in [0.25, 0.3) is 5.57 Å². The topological polar surface area (TPSA) is 77.4 Å². The highest BCUT2D eigenvalue weighted by Crippen LogP contribution is 2.47. The summed E-state index contributed by atoms with van der Waals surface area (Å²) in [5.74, 6) is 0.134. The molecule has 0 fully saturated rings. The summed E-state index contributed by atoms with van der Waals surface area (Å²) >= 11 is 0. The monoisotopic (exact) mass is 514 g/mol. The Morgan fingerprint density at radius 2 is 1.47 bits per heavy atom. The van der Waals surface area contributed by atoms with Crippen molar-refractivity contribution in [2.24, 2.45) is 4.99 Å². The smallest absolute Gasteiger partial charge is 0.278 e. The standard InChI is InChI=1S/C30H27FN2O5/c1-16-15-30(2,3)33-26-21(16)11-17(27(34)18-13-23(36-4)28(38-6)24(14-18)37-5)12-22(26)25(29(33)35)32-20-9-7-19(31)8-10-20/h7-15H,1-6H3. The predicted octanol–water partition coefficient (Wildman–Crippen LogP) is 5.75. The van der Waals surface area contributed by atoms with E-state index in [0.717, 1.165) is 11.1 Å². The second kappa shape index (κ2) is 9.13. The molecule has 2 aliphatic rings. The molecule has 3 aromatic rings. The minimum atomic E-state index is -0.606. The van der Waals surface area contributed by atoms with Gasteiger partial charge in [0, 0.05) is 22.3 Å². The maximum absolute atomic E-state index is 13.8. The first kappa shape index (κ1) is 25.2. The molecule has 7 nitrogen and oxygen atoms in total. The Labute approximate surface area is 220 Å². The molecule has 0 N–H and O–H groups in total. The number of rotatable bonds is 6. The third kappa shape index (κ3) is 3.93. The normalized spacial score (nSPS) is 16.3. The zero-order valence-corrected chi connectivity index (χ0v) is 22.0. The van der Waals surface area contributed by atoms with Gasteiger partial charge in [-0.3, -0.25) is 14.5 Å². The van der Waals surface area contributed by atoms with Crippen LogP contribution in [0.15, 0.2) is 59.6 Å². The Morgan fingerprint density at radius 3 is 2.05 bits per heavy atom. The van der Waals surface area contributed by atoms with E-state index in [4.69, 9.17) is 14.2 Å². The van der Waals surface area contributed by atoms with Crippen LogP contribution in [-0.2, 0) is 4.79 Å². The summed E-state index contributed by atoms with van der Waals surface area (Å²) < 4.78 is 29.8. The molecule has 3 aromatic carbocycles. The van der Waals surface area contributed by atoms with Gasteiger partial charge in [0.25, 0.3) is 5.91 Å². The van der Waals surface area contributed by atoms with E-state index in [0.29, 0.717) is 45.3 Å². The molecule has 0 atom stereocenters. The highest BCUT2D eigenvalue weighted by atomic mass is 19.1. The summed E-state index contributed by atoms with van der Waals surface area (Å²) in [5, 5.41) is 0. The first-order valence-electron chi connectivity index (χ1n) is 12.0. The maximum atomic E-state index is 13.8. The molecule has 2 heterocycles. The lowest BCUT2D eigenvalue weighted by molar-refractivity contribution is -0.112. The molecule has 0 saturated heterocycles. The van der Waals surface area contributed by atoms with Crippen LogP contribution >= 0.6 is 0 Å². The molecule has 0 saturated carbocycles. The van der Waals surface area contributed by atoms with E-state index in [2.05, 4.69) is 4.99 Å². The van der Waals surface area contributed by atoms with Crippen molar-refractivity contribution in [1.29, 1.82) is 0 Å². The molecule has 2 aliphatic heterocycles. The second-order valence-corrected chi connectivity index (χ2v) is 9.72. The van der Waals surface area contributed by atoms with Crippen molar-refractivity contribution in [2.75, 3.05) is 26.2 Å². The molecule has 1 amide bonds. The van der Waals surface area contributed by atoms with Crippen molar-refractivity contribution in [3.63, 3.8) is 0 Å². The number of methoxy groups -OCH3 is 3. The molecular weight excluding hydrogens is 487 g/mol. The van der Waals surface area contributed by atoms with Crippen LogP contribution in [0.1, 0.15) is 47.8 Å². The zero-order chi connectivity index (χ0) is 27.4. The van der Waals surface area contributed by atoms with Gasteiger partial charge in [0.15, 0.2) is 17.3 Å². The quantitative estimate of drug-likeness (QED) is 0.392. The molecule has 8 heteroatoms. The van der Waals surface area contributed by atoms with Gasteiger partial charge in [-0.25, -0.2) is 9.38 Å². The molecule has 0 aromatic heterocycles. The summed E-state index contributed by atoms with van der Waals surface area (Å²) in [6.07, 6.45) is 2.01. The van der Waals surface area contributed by atoms with Gasteiger partial charge in [0.1, 0.15) is 11.5 Å². The average Bonchev–Trinajstić information content (AvgIpc) is 3.18. The molecule has 194 valence electrons. The van der Waals surface area contributed by atoms with Gasteiger partial charge in [0.2, 0.25) is 5.75 Å². The van der Waals surface area contributed by atoms with Crippen molar-refractivity contribution in [3.8, 4) is 17.2 Å². The van der Waals surface area contributed by atoms with Gasteiger partial charge in [-0.1, -0.05) is 6.08 Å². The van der Waals surface area contributed by atoms with E-state index in [1.807, 2.05) is 26.8 Å². The number of aliphatic imine (C=N–C) groups is 1. The Balaban J connectivity index is 1.72. The number of allylic oxidation sites excluding steroid dienone is 1. The summed E-state index contributed by atoms with van der Waals surface area (Å²) in [7, 11) is 4.47. The third-order valence-electron chi connectivity index (χ3n) is 6.82. The highest BCUT2D eigenvalue weighted by molar-refractivity contribution is 6.55. The Hall–Kier alpha value is -4.46. The number of nitrogens with zero attached hydrogens (tertiary/aromatic N) is 2. The number of carbonyl (C=O) groups is 2. The summed E-state index contributed by atoms with van der Waals surface area (Å²) in [5.41, 5.74) is 3.72. The Bertz CT molecular complexity index is 1530. The number of carbonyl (C=O) groups excluding carboxylic acids is 2. The van der Waals surface area contributed by atoms with Crippen LogP contribution in [0.5, 0.6) is 17.2 Å². The third-order valence-corrected chi connectivity index (χ3v) is 6.82. The predicted molar refractivity (Wildman–Crippen MR) is 144 cm³/mol. The Kier molecular flexibility index (Phi) is 6.06. The number of halogens is 1. The van der Waals surface area contributed by atoms with E-state index in [-0.39, 0.29) is 17.4 Å². The van der Waals surface area contributed by atoms with Crippen molar-refractivity contribution in [1.82, 2.24) is 0 Å². The van der Waals surface area contributed by atoms with E-state index in [9.17, 15) is 14.0 Å². The van der Waals surface area contributed by atoms with E-state index >= 15 is 0 Å². The molecule has 0 radical (unpaired) electrons. The first-order valence-corrected chi connectivity index (χ1v) is 12.0. The van der Waals surface area contributed by atoms with Gasteiger partial charge < -0.3 is 14.2 Å². The van der Waals surface area contributed by atoms with Gasteiger partial charge in [0.05, 0.1) is 38.2 Å². The number of anilines is 1. The number of hydrogen-bond acceptors (Lipinski definition) is 6. The largest absolute Gasteiger partial charge is 0.493 e. The van der Waals surface area contributed by atoms with Crippen LogP contribution in [-0.4, -0.2) is 44.3 Å². The van der Waals surface area contributed by atoms with Crippen molar-refractivity contribution in [2.45, 2.75) is 26.3 Å². The van der Waals surface area contributed by atoms with E-state index < -0.39 is 11.4 Å². The number of hydrogen-bond donors (Lipinski definition) is 0. The van der Waals surface area contributed by atoms with E-state index in [1.54, 1.807) is 29.2 Å². The van der Waals surface area contributed by atoms with Crippen molar-refractivity contribution >= 4 is 34.3 Å². The molecule has 0 unspecified atom stereocenters. The van der Waals surface area contributed by atoms with Gasteiger partial charge in [-0.15, -0.1) is 0 Å². The van der Waals surface area contributed by atoms with Gasteiger partial charge >= 0.3 is 0 Å². The van der Waals surface area contributed by atoms with Crippen LogP contribution in [0.4, 0.5) is 15.8 Å². The van der Waals surface area contributed by atoms with Gasteiger partial charge in [-0.2, -0.15) is 0 Å². The first-order chi connectivity index (χ1) is 18.1. The van der Waals surface area contributed by atoms with Crippen molar-refractivity contribution < 1.29 is 28.2 Å². The van der Waals surface area contributed by atoms with E-state index in [1.165, 1.54) is 45.6 Å². The lowest BCUT2D eigenvalue weighted by Gasteiger charge is -2.38. The molecule has 0 spiro atoms. The number of ketones is 1. The average molecular weight is 515 g/mol. The Morgan fingerprint density at radius 1 is 0.895 bits per heavy atom. The second-order valence-electron chi connectivity index (χ2n) is 9.72. The number of ether oxygens (including phenoxy) is 3. The fourth-order valence-electron chi connectivity index (χ4n) is 5.16. The molecule has 38 heavy (non-hydrogen) atoms. The van der Waals surface area contributed by atoms with Crippen molar-refractivity contribution in [3.05, 3.63) is 82.7 Å². The summed E-state index contributed by atoms with van der Waals surface area (Å²) in [4.78, 5) is 33.8. The minimum Gasteiger partial charge on any atom is -0.493 e. The highest BCUT2D eigenvalue weighted by Gasteiger charge is 2.46. The molecule has 0 bridgehead atoms. The number of benzene rings is 3. The molecule has 0 aliphatic carbocycles. The minimum absolute atomic E-state index is 0.198. The van der Waals surface area contributed by atoms with Crippen LogP contribution in [0.2, 0.25) is 0 Å². The van der Waals surface area contributed by atoms with Crippen LogP contribution < -0.4 is 19.1 Å². The zero-order valence-electron chi connectivity index (χ0n) is 22.0.